The molecular weight excluding hydrogens is 344 g/mol. The molecule has 0 aromatic heterocycles. The van der Waals surface area contributed by atoms with Crippen molar-refractivity contribution >= 4 is 23.4 Å². The van der Waals surface area contributed by atoms with Crippen molar-refractivity contribution in [3.8, 4) is 5.75 Å². The van der Waals surface area contributed by atoms with Gasteiger partial charge in [0, 0.05) is 32.8 Å². The van der Waals surface area contributed by atoms with E-state index in [1.165, 1.54) is 0 Å². The second-order valence-electron chi connectivity index (χ2n) is 6.34. The van der Waals surface area contributed by atoms with E-state index >= 15 is 0 Å². The van der Waals surface area contributed by atoms with Crippen molar-refractivity contribution < 1.29 is 19.1 Å². The van der Waals surface area contributed by atoms with Gasteiger partial charge in [0.1, 0.15) is 11.9 Å². The van der Waals surface area contributed by atoms with Gasteiger partial charge in [-0.1, -0.05) is 23.7 Å². The number of benzene rings is 1. The average molecular weight is 367 g/mol. The average Bonchev–Trinajstić information content (AvgIpc) is 3.17. The van der Waals surface area contributed by atoms with Gasteiger partial charge in [-0.25, -0.2) is 0 Å². The lowest BCUT2D eigenvalue weighted by Gasteiger charge is -2.36. The molecule has 6 nitrogen and oxygen atoms in total. The summed E-state index contributed by atoms with van der Waals surface area (Å²) in [4.78, 5) is 28.5. The van der Waals surface area contributed by atoms with Gasteiger partial charge >= 0.3 is 0 Å². The minimum Gasteiger partial charge on any atom is -0.479 e. The third kappa shape index (κ3) is 4.25. The predicted molar refractivity (Wildman–Crippen MR) is 93.7 cm³/mol. The van der Waals surface area contributed by atoms with Crippen LogP contribution in [0.4, 0.5) is 0 Å². The molecule has 1 aromatic rings. The molecule has 1 aromatic carbocycles. The summed E-state index contributed by atoms with van der Waals surface area (Å²) >= 11 is 6.07. The number of piperazine rings is 1. The van der Waals surface area contributed by atoms with Crippen LogP contribution < -0.4 is 4.74 Å². The van der Waals surface area contributed by atoms with Crippen molar-refractivity contribution in [3.05, 3.63) is 29.3 Å². The van der Waals surface area contributed by atoms with Gasteiger partial charge < -0.3 is 19.3 Å². The Morgan fingerprint density at radius 1 is 1.20 bits per heavy atom. The first-order valence-electron chi connectivity index (χ1n) is 8.66. The van der Waals surface area contributed by atoms with Crippen LogP contribution in [0.25, 0.3) is 0 Å². The second kappa shape index (κ2) is 8.06. The largest absolute Gasteiger partial charge is 0.479 e. The molecule has 0 bridgehead atoms. The molecule has 2 aliphatic heterocycles. The quantitative estimate of drug-likeness (QED) is 0.817. The third-order valence-electron chi connectivity index (χ3n) is 4.60. The summed E-state index contributed by atoms with van der Waals surface area (Å²) in [5.74, 6) is 0.450. The van der Waals surface area contributed by atoms with Crippen LogP contribution in [0.5, 0.6) is 5.75 Å². The highest BCUT2D eigenvalue weighted by Crippen LogP contribution is 2.24. The van der Waals surface area contributed by atoms with Crippen LogP contribution in [0.1, 0.15) is 19.8 Å². The van der Waals surface area contributed by atoms with Crippen LogP contribution in [0.15, 0.2) is 24.3 Å². The van der Waals surface area contributed by atoms with Gasteiger partial charge in [-0.05, 0) is 31.9 Å². The highest BCUT2D eigenvalue weighted by molar-refractivity contribution is 6.32. The number of carbonyl (C=O) groups is 2. The molecule has 0 radical (unpaired) electrons. The molecule has 2 amide bonds. The molecule has 0 saturated carbocycles. The lowest BCUT2D eigenvalue weighted by Crippen LogP contribution is -2.54. The smallest absolute Gasteiger partial charge is 0.263 e. The molecule has 25 heavy (non-hydrogen) atoms. The lowest BCUT2D eigenvalue weighted by atomic mass is 10.2. The fourth-order valence-corrected chi connectivity index (χ4v) is 3.34. The fourth-order valence-electron chi connectivity index (χ4n) is 3.16. The minimum absolute atomic E-state index is 0.0463. The Morgan fingerprint density at radius 3 is 2.52 bits per heavy atom. The summed E-state index contributed by atoms with van der Waals surface area (Å²) in [6.45, 7) is 4.45. The van der Waals surface area contributed by atoms with Crippen molar-refractivity contribution in [2.45, 2.75) is 32.0 Å². The fraction of sp³-hybridized carbons (Fsp3) is 0.556. The first-order valence-corrected chi connectivity index (χ1v) is 9.04. The second-order valence-corrected chi connectivity index (χ2v) is 6.75. The zero-order valence-corrected chi connectivity index (χ0v) is 15.1. The van der Waals surface area contributed by atoms with Gasteiger partial charge in [0.05, 0.1) is 5.02 Å². The Kier molecular flexibility index (Phi) is 5.81. The molecule has 3 rings (SSSR count). The zero-order chi connectivity index (χ0) is 17.8. The van der Waals surface area contributed by atoms with E-state index in [4.69, 9.17) is 21.1 Å². The van der Waals surface area contributed by atoms with E-state index in [-0.39, 0.29) is 17.9 Å². The molecule has 136 valence electrons. The van der Waals surface area contributed by atoms with Crippen molar-refractivity contribution in [1.29, 1.82) is 0 Å². The van der Waals surface area contributed by atoms with Gasteiger partial charge in [-0.15, -0.1) is 0 Å². The molecule has 2 heterocycles. The molecule has 7 heteroatoms. The van der Waals surface area contributed by atoms with E-state index in [9.17, 15) is 9.59 Å². The summed E-state index contributed by atoms with van der Waals surface area (Å²) in [6, 6.07) is 7.09. The molecule has 2 saturated heterocycles. The Bertz CT molecular complexity index is 625. The minimum atomic E-state index is -0.625. The SMILES string of the molecule is CC(Oc1ccccc1Cl)C(=O)N1CCN(C(=O)C2CCCO2)CC1. The summed E-state index contributed by atoms with van der Waals surface area (Å²) in [6.07, 6.45) is 0.803. The highest BCUT2D eigenvalue weighted by Gasteiger charge is 2.32. The van der Waals surface area contributed by atoms with E-state index in [0.29, 0.717) is 43.6 Å². The number of rotatable bonds is 4. The molecule has 2 atom stereocenters. The number of para-hydroxylation sites is 1. The maximum atomic E-state index is 12.6. The molecular formula is C18H23ClN2O4. The maximum Gasteiger partial charge on any atom is 0.263 e. The number of nitrogens with zero attached hydrogens (tertiary/aromatic N) is 2. The first kappa shape index (κ1) is 18.0. The van der Waals surface area contributed by atoms with E-state index in [1.807, 2.05) is 12.1 Å². The predicted octanol–water partition coefficient (Wildman–Crippen LogP) is 1.96. The third-order valence-corrected chi connectivity index (χ3v) is 4.91. The maximum absolute atomic E-state index is 12.6. The van der Waals surface area contributed by atoms with Crippen molar-refractivity contribution in [3.63, 3.8) is 0 Å². The summed E-state index contributed by atoms with van der Waals surface area (Å²) < 4.78 is 11.1. The van der Waals surface area contributed by atoms with Crippen LogP contribution >= 0.6 is 11.6 Å². The summed E-state index contributed by atoms with van der Waals surface area (Å²) in [5.41, 5.74) is 0. The Hall–Kier alpha value is -1.79. The Morgan fingerprint density at radius 2 is 1.88 bits per heavy atom. The van der Waals surface area contributed by atoms with E-state index in [1.54, 1.807) is 28.9 Å². The van der Waals surface area contributed by atoms with Crippen LogP contribution in [-0.4, -0.2) is 66.6 Å². The number of amides is 2. The topological polar surface area (TPSA) is 59.1 Å². The number of ether oxygens (including phenoxy) is 2. The molecule has 0 N–H and O–H groups in total. The van der Waals surface area contributed by atoms with E-state index in [0.717, 1.165) is 12.8 Å². The molecule has 2 fully saturated rings. The Balaban J connectivity index is 1.51. The van der Waals surface area contributed by atoms with Gasteiger partial charge in [-0.2, -0.15) is 0 Å². The number of halogens is 1. The number of hydrogen-bond acceptors (Lipinski definition) is 4. The molecule has 2 unspecified atom stereocenters. The molecule has 0 aliphatic carbocycles. The molecule has 0 spiro atoms. The first-order chi connectivity index (χ1) is 12.1. The van der Waals surface area contributed by atoms with Crippen molar-refractivity contribution in [1.82, 2.24) is 9.80 Å². The van der Waals surface area contributed by atoms with Crippen LogP contribution in [-0.2, 0) is 14.3 Å². The number of hydrogen-bond donors (Lipinski definition) is 0. The standard InChI is InChI=1S/C18H23ClN2O4/c1-13(25-15-6-3-2-5-14(15)19)17(22)20-8-10-21(11-9-20)18(23)16-7-4-12-24-16/h2-3,5-6,13,16H,4,7-12H2,1H3. The van der Waals surface area contributed by atoms with E-state index in [2.05, 4.69) is 0 Å². The van der Waals surface area contributed by atoms with Gasteiger partial charge in [0.25, 0.3) is 11.8 Å². The lowest BCUT2D eigenvalue weighted by molar-refractivity contribution is -0.148. The van der Waals surface area contributed by atoms with Gasteiger partial charge in [0.15, 0.2) is 6.10 Å². The van der Waals surface area contributed by atoms with Crippen molar-refractivity contribution in [2.75, 3.05) is 32.8 Å². The summed E-state index contributed by atoms with van der Waals surface area (Å²) in [7, 11) is 0. The van der Waals surface area contributed by atoms with Gasteiger partial charge in [-0.3, -0.25) is 9.59 Å². The van der Waals surface area contributed by atoms with Crippen LogP contribution in [0.3, 0.4) is 0 Å². The Labute approximate surface area is 152 Å². The highest BCUT2D eigenvalue weighted by atomic mass is 35.5. The normalized spacial score (nSPS) is 21.9. The number of carbonyl (C=O) groups excluding carboxylic acids is 2. The summed E-state index contributed by atoms with van der Waals surface area (Å²) in [5, 5.41) is 0.481. The zero-order valence-electron chi connectivity index (χ0n) is 14.3. The van der Waals surface area contributed by atoms with Crippen LogP contribution in [0, 0.1) is 0 Å². The van der Waals surface area contributed by atoms with Crippen LogP contribution in [0.2, 0.25) is 5.02 Å². The van der Waals surface area contributed by atoms with Gasteiger partial charge in [0.2, 0.25) is 0 Å². The van der Waals surface area contributed by atoms with Crippen molar-refractivity contribution in [2.24, 2.45) is 0 Å². The molecule has 2 aliphatic rings. The van der Waals surface area contributed by atoms with E-state index < -0.39 is 6.10 Å². The monoisotopic (exact) mass is 366 g/mol.